The van der Waals surface area contributed by atoms with Crippen molar-refractivity contribution in [3.63, 3.8) is 0 Å². The molecule has 22 heavy (non-hydrogen) atoms. The molecule has 2 aromatic carbocycles. The van der Waals surface area contributed by atoms with Crippen LogP contribution in [0.2, 0.25) is 0 Å². The van der Waals surface area contributed by atoms with Gasteiger partial charge in [-0.1, -0.05) is 22.0 Å². The molecule has 1 aliphatic heterocycles. The Morgan fingerprint density at radius 1 is 1.27 bits per heavy atom. The van der Waals surface area contributed by atoms with Gasteiger partial charge >= 0.3 is 0 Å². The van der Waals surface area contributed by atoms with Gasteiger partial charge in [0.2, 0.25) is 5.91 Å². The van der Waals surface area contributed by atoms with Gasteiger partial charge in [-0.2, -0.15) is 0 Å². The Kier molecular flexibility index (Phi) is 4.24. The third kappa shape index (κ3) is 3.04. The largest absolute Gasteiger partial charge is 0.497 e. The van der Waals surface area contributed by atoms with Gasteiger partial charge in [0.15, 0.2) is 0 Å². The number of hydrogen-bond acceptors (Lipinski definition) is 3. The van der Waals surface area contributed by atoms with Crippen molar-refractivity contribution in [3.05, 3.63) is 58.1 Å². The van der Waals surface area contributed by atoms with E-state index in [0.29, 0.717) is 6.54 Å². The van der Waals surface area contributed by atoms with E-state index >= 15 is 0 Å². The number of halogens is 1. The Morgan fingerprint density at radius 3 is 2.77 bits per heavy atom. The summed E-state index contributed by atoms with van der Waals surface area (Å²) in [5, 5.41) is 2.90. The van der Waals surface area contributed by atoms with Crippen LogP contribution in [0.4, 0.5) is 5.69 Å². The number of nitrogens with zero attached hydrogens (tertiary/aromatic N) is 1. The van der Waals surface area contributed by atoms with Crippen LogP contribution in [-0.2, 0) is 11.3 Å². The standard InChI is InChI=1S/C17H15BrN2O2/c1-22-14-6-4-13(5-7-14)19-10-16-15-8-12(18)3-2-11(15)9-20-17(16)21/h2-8,10,16H,9H2,1H3,(H,20,21). The summed E-state index contributed by atoms with van der Waals surface area (Å²) in [6, 6.07) is 13.4. The number of amides is 1. The third-order valence-corrected chi connectivity index (χ3v) is 4.12. The van der Waals surface area contributed by atoms with Crippen LogP contribution >= 0.6 is 15.9 Å². The number of fused-ring (bicyclic) bond motifs is 1. The maximum atomic E-state index is 12.2. The Hall–Kier alpha value is -2.14. The van der Waals surface area contributed by atoms with Crippen LogP contribution in [0.1, 0.15) is 17.0 Å². The van der Waals surface area contributed by atoms with Gasteiger partial charge in [0.1, 0.15) is 5.75 Å². The molecule has 0 saturated heterocycles. The van der Waals surface area contributed by atoms with E-state index in [1.165, 1.54) is 0 Å². The lowest BCUT2D eigenvalue weighted by molar-refractivity contribution is -0.121. The van der Waals surface area contributed by atoms with E-state index in [4.69, 9.17) is 4.74 Å². The zero-order valence-electron chi connectivity index (χ0n) is 12.0. The fourth-order valence-corrected chi connectivity index (χ4v) is 2.81. The average molecular weight is 359 g/mol. The van der Waals surface area contributed by atoms with Crippen molar-refractivity contribution in [1.82, 2.24) is 5.32 Å². The van der Waals surface area contributed by atoms with Crippen LogP contribution in [0.25, 0.3) is 0 Å². The Bertz CT molecular complexity index is 726. The molecule has 0 spiro atoms. The molecule has 1 heterocycles. The van der Waals surface area contributed by atoms with E-state index in [2.05, 4.69) is 26.2 Å². The molecule has 0 aromatic heterocycles. The predicted octanol–water partition coefficient (Wildman–Crippen LogP) is 3.57. The molecule has 3 rings (SSSR count). The van der Waals surface area contributed by atoms with Crippen LogP contribution in [0, 0.1) is 0 Å². The quantitative estimate of drug-likeness (QED) is 0.852. The number of hydrogen-bond donors (Lipinski definition) is 1. The Balaban J connectivity index is 1.89. The first kappa shape index (κ1) is 14.8. The summed E-state index contributed by atoms with van der Waals surface area (Å²) in [7, 11) is 1.62. The zero-order valence-corrected chi connectivity index (χ0v) is 13.6. The highest BCUT2D eigenvalue weighted by Gasteiger charge is 2.26. The SMILES string of the molecule is COc1ccc(N=CC2C(=O)NCc3ccc(Br)cc32)cc1. The second kappa shape index (κ2) is 6.32. The van der Waals surface area contributed by atoms with E-state index in [1.807, 2.05) is 42.5 Å². The van der Waals surface area contributed by atoms with Crippen molar-refractivity contribution in [2.45, 2.75) is 12.5 Å². The van der Waals surface area contributed by atoms with Gasteiger partial charge in [-0.3, -0.25) is 9.79 Å². The third-order valence-electron chi connectivity index (χ3n) is 3.62. The molecule has 0 radical (unpaired) electrons. The summed E-state index contributed by atoms with van der Waals surface area (Å²) >= 11 is 3.46. The van der Waals surface area contributed by atoms with Crippen molar-refractivity contribution in [1.29, 1.82) is 0 Å². The summed E-state index contributed by atoms with van der Waals surface area (Å²) in [6.07, 6.45) is 1.70. The van der Waals surface area contributed by atoms with Crippen molar-refractivity contribution >= 4 is 33.7 Å². The summed E-state index contributed by atoms with van der Waals surface area (Å²) in [5.41, 5.74) is 2.90. The molecule has 1 N–H and O–H groups in total. The van der Waals surface area contributed by atoms with Gasteiger partial charge in [0.25, 0.3) is 0 Å². The Morgan fingerprint density at radius 2 is 2.05 bits per heavy atom. The maximum Gasteiger partial charge on any atom is 0.233 e. The molecule has 0 saturated carbocycles. The van der Waals surface area contributed by atoms with Crippen LogP contribution in [-0.4, -0.2) is 19.2 Å². The van der Waals surface area contributed by atoms with Crippen molar-refractivity contribution in [2.24, 2.45) is 4.99 Å². The van der Waals surface area contributed by atoms with E-state index in [1.54, 1.807) is 13.3 Å². The molecule has 0 aliphatic carbocycles. The lowest BCUT2D eigenvalue weighted by Crippen LogP contribution is -2.35. The number of benzene rings is 2. The monoisotopic (exact) mass is 358 g/mol. The molecule has 1 amide bonds. The number of rotatable bonds is 3. The number of carbonyl (C=O) groups excluding carboxylic acids is 1. The van der Waals surface area contributed by atoms with Crippen LogP contribution in [0.5, 0.6) is 5.75 Å². The van der Waals surface area contributed by atoms with Gasteiger partial charge in [0.05, 0.1) is 18.7 Å². The summed E-state index contributed by atoms with van der Waals surface area (Å²) in [6.45, 7) is 0.564. The number of aliphatic imine (C=N–C) groups is 1. The first-order valence-electron chi connectivity index (χ1n) is 6.91. The highest BCUT2D eigenvalue weighted by atomic mass is 79.9. The minimum absolute atomic E-state index is 0.0251. The van der Waals surface area contributed by atoms with Crippen LogP contribution in [0.15, 0.2) is 51.9 Å². The van der Waals surface area contributed by atoms with E-state index in [9.17, 15) is 4.79 Å². The van der Waals surface area contributed by atoms with E-state index in [-0.39, 0.29) is 11.8 Å². The van der Waals surface area contributed by atoms with E-state index < -0.39 is 0 Å². The first-order chi connectivity index (χ1) is 10.7. The van der Waals surface area contributed by atoms with Crippen LogP contribution in [0.3, 0.4) is 0 Å². The highest BCUT2D eigenvalue weighted by molar-refractivity contribution is 9.10. The van der Waals surface area contributed by atoms with Crippen molar-refractivity contribution in [2.75, 3.05) is 7.11 Å². The predicted molar refractivity (Wildman–Crippen MR) is 89.9 cm³/mol. The molecule has 4 nitrogen and oxygen atoms in total. The van der Waals surface area contributed by atoms with Gasteiger partial charge in [-0.05, 0) is 47.5 Å². The molecule has 5 heteroatoms. The fraction of sp³-hybridized carbons (Fsp3) is 0.176. The number of methoxy groups -OCH3 is 1. The Labute approximate surface area is 137 Å². The molecule has 112 valence electrons. The molecule has 1 unspecified atom stereocenters. The van der Waals surface area contributed by atoms with Gasteiger partial charge < -0.3 is 10.1 Å². The summed E-state index contributed by atoms with van der Waals surface area (Å²) in [4.78, 5) is 16.6. The highest BCUT2D eigenvalue weighted by Crippen LogP contribution is 2.28. The number of ether oxygens (including phenoxy) is 1. The molecular weight excluding hydrogens is 344 g/mol. The number of carbonyl (C=O) groups is 1. The van der Waals surface area contributed by atoms with Gasteiger partial charge in [0, 0.05) is 17.2 Å². The molecule has 1 aliphatic rings. The minimum atomic E-state index is -0.372. The average Bonchev–Trinajstić information content (AvgIpc) is 2.54. The normalized spacial score (nSPS) is 17.2. The van der Waals surface area contributed by atoms with E-state index in [0.717, 1.165) is 27.0 Å². The lowest BCUT2D eigenvalue weighted by Gasteiger charge is -2.23. The molecule has 0 bridgehead atoms. The second-order valence-corrected chi connectivity index (χ2v) is 5.93. The molecular formula is C17H15BrN2O2. The topological polar surface area (TPSA) is 50.7 Å². The summed E-state index contributed by atoms with van der Waals surface area (Å²) in [5.74, 6) is 0.384. The fourth-order valence-electron chi connectivity index (χ4n) is 2.43. The second-order valence-electron chi connectivity index (χ2n) is 5.01. The van der Waals surface area contributed by atoms with Crippen molar-refractivity contribution in [3.8, 4) is 5.75 Å². The minimum Gasteiger partial charge on any atom is -0.497 e. The van der Waals surface area contributed by atoms with Gasteiger partial charge in [-0.15, -0.1) is 0 Å². The van der Waals surface area contributed by atoms with Crippen LogP contribution < -0.4 is 10.1 Å². The number of nitrogens with one attached hydrogen (secondary N) is 1. The molecule has 0 fully saturated rings. The van der Waals surface area contributed by atoms with Gasteiger partial charge in [-0.25, -0.2) is 0 Å². The smallest absolute Gasteiger partial charge is 0.233 e. The molecule has 1 atom stereocenters. The first-order valence-corrected chi connectivity index (χ1v) is 7.71. The lowest BCUT2D eigenvalue weighted by atomic mass is 9.91. The summed E-state index contributed by atoms with van der Waals surface area (Å²) < 4.78 is 6.08. The molecule has 2 aromatic rings. The maximum absolute atomic E-state index is 12.2. The van der Waals surface area contributed by atoms with Crippen molar-refractivity contribution < 1.29 is 9.53 Å². The zero-order chi connectivity index (χ0) is 15.5.